The van der Waals surface area contributed by atoms with Gasteiger partial charge in [-0.15, -0.1) is 0 Å². The second-order valence-electron chi connectivity index (χ2n) is 4.30. The van der Waals surface area contributed by atoms with Crippen LogP contribution in [0.4, 0.5) is 4.39 Å². The minimum Gasteiger partial charge on any atom is -0.326 e. The highest BCUT2D eigenvalue weighted by Crippen LogP contribution is 2.26. The van der Waals surface area contributed by atoms with Gasteiger partial charge in [0.05, 0.1) is 0 Å². The minimum atomic E-state index is -0.226. The van der Waals surface area contributed by atoms with Crippen LogP contribution in [0.1, 0.15) is 16.7 Å². The van der Waals surface area contributed by atoms with Gasteiger partial charge in [-0.1, -0.05) is 24.3 Å². The van der Waals surface area contributed by atoms with E-state index < -0.39 is 0 Å². The second kappa shape index (κ2) is 4.68. The molecule has 2 rings (SSSR count). The van der Waals surface area contributed by atoms with Crippen molar-refractivity contribution in [3.8, 4) is 11.1 Å². The lowest BCUT2D eigenvalue weighted by Gasteiger charge is -2.10. The van der Waals surface area contributed by atoms with Crippen LogP contribution in [0, 0.1) is 19.7 Å². The van der Waals surface area contributed by atoms with E-state index in [4.69, 9.17) is 5.73 Å². The Hall–Kier alpha value is -1.67. The van der Waals surface area contributed by atoms with E-state index in [2.05, 4.69) is 26.0 Å². The number of hydrogen-bond acceptors (Lipinski definition) is 1. The summed E-state index contributed by atoms with van der Waals surface area (Å²) in [5.74, 6) is -0.226. The fraction of sp³-hybridized carbons (Fsp3) is 0.200. The molecule has 2 aromatic rings. The monoisotopic (exact) mass is 229 g/mol. The van der Waals surface area contributed by atoms with Gasteiger partial charge in [-0.3, -0.25) is 0 Å². The van der Waals surface area contributed by atoms with Crippen molar-refractivity contribution in [3.63, 3.8) is 0 Å². The zero-order valence-corrected chi connectivity index (χ0v) is 10.1. The number of aryl methyl sites for hydroxylation is 2. The Morgan fingerprint density at radius 3 is 2.41 bits per heavy atom. The molecule has 0 aliphatic carbocycles. The first-order valence-corrected chi connectivity index (χ1v) is 5.68. The van der Waals surface area contributed by atoms with Gasteiger partial charge < -0.3 is 5.73 Å². The molecule has 0 saturated heterocycles. The zero-order chi connectivity index (χ0) is 12.4. The molecule has 0 fully saturated rings. The molecule has 0 radical (unpaired) electrons. The molecule has 2 heteroatoms. The maximum absolute atomic E-state index is 13.3. The van der Waals surface area contributed by atoms with E-state index >= 15 is 0 Å². The zero-order valence-electron chi connectivity index (χ0n) is 10.1. The van der Waals surface area contributed by atoms with Crippen molar-refractivity contribution in [1.29, 1.82) is 0 Å². The van der Waals surface area contributed by atoms with Gasteiger partial charge >= 0.3 is 0 Å². The van der Waals surface area contributed by atoms with Crippen LogP contribution in [-0.2, 0) is 6.54 Å². The average molecular weight is 229 g/mol. The first kappa shape index (κ1) is 11.8. The van der Waals surface area contributed by atoms with Gasteiger partial charge in [-0.2, -0.15) is 0 Å². The maximum Gasteiger partial charge on any atom is 0.123 e. The molecule has 88 valence electrons. The van der Waals surface area contributed by atoms with Crippen molar-refractivity contribution in [2.24, 2.45) is 5.73 Å². The molecule has 17 heavy (non-hydrogen) atoms. The van der Waals surface area contributed by atoms with Crippen LogP contribution in [0.2, 0.25) is 0 Å². The van der Waals surface area contributed by atoms with Crippen LogP contribution in [0.15, 0.2) is 36.4 Å². The summed E-state index contributed by atoms with van der Waals surface area (Å²) in [5, 5.41) is 0. The smallest absolute Gasteiger partial charge is 0.123 e. The average Bonchev–Trinajstić information content (AvgIpc) is 2.32. The summed E-state index contributed by atoms with van der Waals surface area (Å²) >= 11 is 0. The number of nitrogens with two attached hydrogens (primary N) is 1. The van der Waals surface area contributed by atoms with Gasteiger partial charge in [0.25, 0.3) is 0 Å². The topological polar surface area (TPSA) is 26.0 Å². The van der Waals surface area contributed by atoms with E-state index in [0.29, 0.717) is 6.54 Å². The standard InChI is InChI=1S/C15H16FN/c1-10-3-4-12(7-11(10)2)15-8-14(16)6-5-13(15)9-17/h3-8H,9,17H2,1-2H3. The van der Waals surface area contributed by atoms with Gasteiger partial charge in [0, 0.05) is 6.54 Å². The van der Waals surface area contributed by atoms with Gasteiger partial charge in [0.15, 0.2) is 0 Å². The van der Waals surface area contributed by atoms with Crippen LogP contribution in [0.3, 0.4) is 0 Å². The predicted molar refractivity (Wildman–Crippen MR) is 69.2 cm³/mol. The molecule has 0 aliphatic rings. The Morgan fingerprint density at radius 2 is 1.76 bits per heavy atom. The third kappa shape index (κ3) is 2.37. The lowest BCUT2D eigenvalue weighted by Crippen LogP contribution is -1.99. The van der Waals surface area contributed by atoms with E-state index in [1.54, 1.807) is 12.1 Å². The van der Waals surface area contributed by atoms with Crippen molar-refractivity contribution in [2.75, 3.05) is 0 Å². The Kier molecular flexibility index (Phi) is 3.25. The lowest BCUT2D eigenvalue weighted by molar-refractivity contribution is 0.627. The van der Waals surface area contributed by atoms with Crippen LogP contribution in [0.25, 0.3) is 11.1 Å². The molecule has 2 N–H and O–H groups in total. The molecule has 0 aliphatic heterocycles. The normalized spacial score (nSPS) is 10.6. The molecule has 0 spiro atoms. The molecule has 0 heterocycles. The Balaban J connectivity index is 2.58. The van der Waals surface area contributed by atoms with Gasteiger partial charge in [-0.25, -0.2) is 4.39 Å². The van der Waals surface area contributed by atoms with Crippen molar-refractivity contribution in [3.05, 3.63) is 58.9 Å². The van der Waals surface area contributed by atoms with Crippen molar-refractivity contribution >= 4 is 0 Å². The molecule has 2 aromatic carbocycles. The van der Waals surface area contributed by atoms with Gasteiger partial charge in [0.1, 0.15) is 5.82 Å². The summed E-state index contributed by atoms with van der Waals surface area (Å²) < 4.78 is 13.3. The molecule has 1 nitrogen and oxygen atoms in total. The molecule has 0 unspecified atom stereocenters. The molecular formula is C15H16FN. The lowest BCUT2D eigenvalue weighted by atomic mass is 9.96. The highest BCUT2D eigenvalue weighted by molar-refractivity contribution is 5.68. The quantitative estimate of drug-likeness (QED) is 0.837. The van der Waals surface area contributed by atoms with Crippen LogP contribution in [-0.4, -0.2) is 0 Å². The van der Waals surface area contributed by atoms with Crippen molar-refractivity contribution < 1.29 is 4.39 Å². The first-order valence-electron chi connectivity index (χ1n) is 5.68. The second-order valence-corrected chi connectivity index (χ2v) is 4.30. The predicted octanol–water partition coefficient (Wildman–Crippen LogP) is 3.57. The number of hydrogen-bond donors (Lipinski definition) is 1. The largest absolute Gasteiger partial charge is 0.326 e. The molecule has 0 aromatic heterocycles. The van der Waals surface area contributed by atoms with Gasteiger partial charge in [-0.05, 0) is 53.8 Å². The summed E-state index contributed by atoms with van der Waals surface area (Å²) in [6, 6.07) is 10.9. The Bertz CT molecular complexity index is 547. The molecule has 0 saturated carbocycles. The SMILES string of the molecule is Cc1ccc(-c2cc(F)ccc2CN)cc1C. The molecule has 0 atom stereocenters. The van der Waals surface area contributed by atoms with Gasteiger partial charge in [0.2, 0.25) is 0 Å². The Morgan fingerprint density at radius 1 is 1.00 bits per heavy atom. The van der Waals surface area contributed by atoms with E-state index in [1.165, 1.54) is 17.2 Å². The maximum atomic E-state index is 13.3. The highest BCUT2D eigenvalue weighted by Gasteiger charge is 2.06. The summed E-state index contributed by atoms with van der Waals surface area (Å²) in [4.78, 5) is 0. The summed E-state index contributed by atoms with van der Waals surface area (Å²) in [5.41, 5.74) is 11.0. The van der Waals surface area contributed by atoms with E-state index in [1.807, 2.05) is 6.07 Å². The summed E-state index contributed by atoms with van der Waals surface area (Å²) in [6.07, 6.45) is 0. The van der Waals surface area contributed by atoms with Crippen LogP contribution >= 0.6 is 0 Å². The minimum absolute atomic E-state index is 0.226. The molecule has 0 amide bonds. The third-order valence-corrected chi connectivity index (χ3v) is 3.11. The van der Waals surface area contributed by atoms with Crippen LogP contribution in [0.5, 0.6) is 0 Å². The number of rotatable bonds is 2. The molecular weight excluding hydrogens is 213 g/mol. The fourth-order valence-corrected chi connectivity index (χ4v) is 1.90. The third-order valence-electron chi connectivity index (χ3n) is 3.11. The first-order chi connectivity index (χ1) is 8.11. The number of benzene rings is 2. The summed E-state index contributed by atoms with van der Waals surface area (Å²) in [6.45, 7) is 4.54. The van der Waals surface area contributed by atoms with E-state index in [9.17, 15) is 4.39 Å². The van der Waals surface area contributed by atoms with Crippen molar-refractivity contribution in [2.45, 2.75) is 20.4 Å². The molecule has 0 bridgehead atoms. The Labute approximate surface area is 101 Å². The highest BCUT2D eigenvalue weighted by atomic mass is 19.1. The van der Waals surface area contributed by atoms with Crippen LogP contribution < -0.4 is 5.73 Å². The summed E-state index contributed by atoms with van der Waals surface area (Å²) in [7, 11) is 0. The van der Waals surface area contributed by atoms with E-state index in [-0.39, 0.29) is 5.82 Å². The fourth-order valence-electron chi connectivity index (χ4n) is 1.90. The van der Waals surface area contributed by atoms with E-state index in [0.717, 1.165) is 16.7 Å². The van der Waals surface area contributed by atoms with Crippen molar-refractivity contribution in [1.82, 2.24) is 0 Å². The number of halogens is 1.